The molecule has 0 heterocycles. The van der Waals surface area contributed by atoms with Gasteiger partial charge < -0.3 is 14.6 Å². The molecule has 0 saturated heterocycles. The number of rotatable bonds is 3. The minimum Gasteiger partial charge on any atom is -0.393 e. The number of hydrogen-bond donors (Lipinski definition) is 1. The molecule has 1 N–H and O–H groups in total. The normalized spacial score (nSPS) is 54.0. The van der Waals surface area contributed by atoms with E-state index in [0.717, 1.165) is 37.2 Å². The Morgan fingerprint density at radius 1 is 0.958 bits per heavy atom. The van der Waals surface area contributed by atoms with Crippen LogP contribution in [0, 0.1) is 34.5 Å². The average Bonchev–Trinajstić information content (AvgIpc) is 2.92. The minimum atomic E-state index is -0.0743. The highest BCUT2D eigenvalue weighted by Gasteiger charge is 2.61. The van der Waals surface area contributed by atoms with Gasteiger partial charge in [0.05, 0.1) is 18.8 Å². The molecule has 4 saturated carbocycles. The Kier molecular flexibility index (Phi) is 4.50. The first-order valence-electron chi connectivity index (χ1n) is 10.2. The van der Waals surface area contributed by atoms with Crippen molar-refractivity contribution in [1.29, 1.82) is 0 Å². The lowest BCUT2D eigenvalue weighted by Crippen LogP contribution is -2.57. The monoisotopic (exact) mass is 336 g/mol. The van der Waals surface area contributed by atoms with Gasteiger partial charge >= 0.3 is 0 Å². The molecule has 3 nitrogen and oxygen atoms in total. The second-order valence-corrected chi connectivity index (χ2v) is 9.59. The van der Waals surface area contributed by atoms with E-state index in [-0.39, 0.29) is 6.10 Å². The molecule has 4 rings (SSSR count). The van der Waals surface area contributed by atoms with E-state index in [1.165, 1.54) is 44.9 Å². The minimum absolute atomic E-state index is 0.0743. The lowest BCUT2D eigenvalue weighted by molar-refractivity contribution is -0.164. The standard InChI is InChI=1S/C21H36O3/c1-20-10-9-18-16(17(20)6-7-19(20)24-3)5-4-14-12-15(22)8-11-21(14,18)13-23-2/h14-19,22H,4-13H2,1-3H3/t14-,15+,16?,17-,18-,19-,20-,21?/m0/s1. The summed E-state index contributed by atoms with van der Waals surface area (Å²) >= 11 is 0. The van der Waals surface area contributed by atoms with E-state index in [9.17, 15) is 5.11 Å². The zero-order valence-corrected chi connectivity index (χ0v) is 15.8. The Morgan fingerprint density at radius 3 is 2.54 bits per heavy atom. The van der Waals surface area contributed by atoms with Crippen LogP contribution in [0.4, 0.5) is 0 Å². The smallest absolute Gasteiger partial charge is 0.0627 e. The van der Waals surface area contributed by atoms with Crippen molar-refractivity contribution in [1.82, 2.24) is 0 Å². The van der Waals surface area contributed by atoms with E-state index in [0.29, 0.717) is 22.9 Å². The van der Waals surface area contributed by atoms with Gasteiger partial charge in [0.2, 0.25) is 0 Å². The van der Waals surface area contributed by atoms with Gasteiger partial charge in [0.1, 0.15) is 0 Å². The summed E-state index contributed by atoms with van der Waals surface area (Å²) in [7, 11) is 3.79. The SMILES string of the molecule is COCC12CC[C@@H](O)C[C@@H]1CCC1[C@@H]2CC[C@]2(C)[C@@H](OC)CC[C@@H]12. The topological polar surface area (TPSA) is 38.7 Å². The lowest BCUT2D eigenvalue weighted by Gasteiger charge is -2.61. The molecule has 0 aromatic heterocycles. The Balaban J connectivity index is 1.64. The fraction of sp³-hybridized carbons (Fsp3) is 1.00. The summed E-state index contributed by atoms with van der Waals surface area (Å²) in [5, 5.41) is 10.2. The first-order chi connectivity index (χ1) is 11.5. The predicted molar refractivity (Wildman–Crippen MR) is 94.7 cm³/mol. The third-order valence-electron chi connectivity index (χ3n) is 8.95. The second kappa shape index (κ2) is 6.25. The van der Waals surface area contributed by atoms with Gasteiger partial charge in [-0.2, -0.15) is 0 Å². The van der Waals surface area contributed by atoms with Crippen LogP contribution in [0.3, 0.4) is 0 Å². The molecule has 4 aliphatic carbocycles. The molecule has 8 atom stereocenters. The third kappa shape index (κ3) is 2.34. The summed E-state index contributed by atoms with van der Waals surface area (Å²) in [6.07, 6.45) is 11.5. The van der Waals surface area contributed by atoms with Crippen molar-refractivity contribution >= 4 is 0 Å². The van der Waals surface area contributed by atoms with Crippen LogP contribution in [0.5, 0.6) is 0 Å². The fourth-order valence-electron chi connectivity index (χ4n) is 7.92. The fourth-order valence-corrected chi connectivity index (χ4v) is 7.92. The molecule has 0 aliphatic heterocycles. The number of ether oxygens (including phenoxy) is 2. The highest BCUT2D eigenvalue weighted by atomic mass is 16.5. The molecule has 3 heteroatoms. The van der Waals surface area contributed by atoms with Crippen LogP contribution < -0.4 is 0 Å². The number of aliphatic hydroxyl groups is 1. The van der Waals surface area contributed by atoms with Gasteiger partial charge in [0, 0.05) is 14.2 Å². The first kappa shape index (κ1) is 17.3. The molecular formula is C21H36O3. The van der Waals surface area contributed by atoms with Crippen molar-refractivity contribution in [2.45, 2.75) is 76.9 Å². The van der Waals surface area contributed by atoms with Gasteiger partial charge in [0.25, 0.3) is 0 Å². The van der Waals surface area contributed by atoms with Crippen molar-refractivity contribution < 1.29 is 14.6 Å². The molecule has 24 heavy (non-hydrogen) atoms. The molecule has 0 bridgehead atoms. The van der Waals surface area contributed by atoms with E-state index in [4.69, 9.17) is 9.47 Å². The molecule has 0 spiro atoms. The Morgan fingerprint density at radius 2 is 1.79 bits per heavy atom. The van der Waals surface area contributed by atoms with E-state index in [1.807, 2.05) is 14.2 Å². The molecule has 0 amide bonds. The molecule has 4 fully saturated rings. The lowest BCUT2D eigenvalue weighted by atomic mass is 9.44. The highest BCUT2D eigenvalue weighted by molar-refractivity contribution is 5.10. The quantitative estimate of drug-likeness (QED) is 0.845. The number of hydrogen-bond acceptors (Lipinski definition) is 3. The first-order valence-corrected chi connectivity index (χ1v) is 10.2. The van der Waals surface area contributed by atoms with Crippen LogP contribution in [0.25, 0.3) is 0 Å². The number of fused-ring (bicyclic) bond motifs is 5. The van der Waals surface area contributed by atoms with Crippen molar-refractivity contribution in [3.63, 3.8) is 0 Å². The molecule has 4 aliphatic rings. The molecule has 138 valence electrons. The summed E-state index contributed by atoms with van der Waals surface area (Å²) in [5.74, 6) is 3.16. The van der Waals surface area contributed by atoms with Crippen molar-refractivity contribution in [3.05, 3.63) is 0 Å². The average molecular weight is 337 g/mol. The summed E-state index contributed by atoms with van der Waals surface area (Å²) < 4.78 is 11.7. The number of aliphatic hydroxyl groups excluding tert-OH is 1. The van der Waals surface area contributed by atoms with Gasteiger partial charge in [-0.3, -0.25) is 0 Å². The van der Waals surface area contributed by atoms with Gasteiger partial charge in [-0.25, -0.2) is 0 Å². The van der Waals surface area contributed by atoms with Gasteiger partial charge in [0.15, 0.2) is 0 Å². The summed E-state index contributed by atoms with van der Waals surface area (Å²) in [5.41, 5.74) is 0.731. The predicted octanol–water partition coefficient (Wildman–Crippen LogP) is 4.03. The van der Waals surface area contributed by atoms with Crippen LogP contribution in [-0.4, -0.2) is 38.1 Å². The van der Waals surface area contributed by atoms with Crippen LogP contribution in [0.2, 0.25) is 0 Å². The van der Waals surface area contributed by atoms with Crippen molar-refractivity contribution in [3.8, 4) is 0 Å². The zero-order valence-electron chi connectivity index (χ0n) is 15.8. The van der Waals surface area contributed by atoms with Gasteiger partial charge in [-0.05, 0) is 92.3 Å². The van der Waals surface area contributed by atoms with Crippen molar-refractivity contribution in [2.24, 2.45) is 34.5 Å². The molecular weight excluding hydrogens is 300 g/mol. The van der Waals surface area contributed by atoms with Gasteiger partial charge in [-0.15, -0.1) is 0 Å². The molecule has 0 radical (unpaired) electrons. The van der Waals surface area contributed by atoms with Crippen LogP contribution >= 0.6 is 0 Å². The Bertz CT molecular complexity index is 466. The molecule has 0 aromatic rings. The third-order valence-corrected chi connectivity index (χ3v) is 8.95. The number of methoxy groups -OCH3 is 2. The summed E-state index contributed by atoms with van der Waals surface area (Å²) in [6.45, 7) is 3.41. The Labute approximate surface area is 147 Å². The molecule has 0 aromatic carbocycles. The van der Waals surface area contributed by atoms with E-state index in [2.05, 4.69) is 6.92 Å². The van der Waals surface area contributed by atoms with Crippen LogP contribution in [0.1, 0.15) is 64.7 Å². The van der Waals surface area contributed by atoms with Crippen LogP contribution in [-0.2, 0) is 9.47 Å². The second-order valence-electron chi connectivity index (χ2n) is 9.59. The zero-order chi connectivity index (χ0) is 16.9. The van der Waals surface area contributed by atoms with Gasteiger partial charge in [-0.1, -0.05) is 6.92 Å². The maximum absolute atomic E-state index is 10.2. The largest absolute Gasteiger partial charge is 0.393 e. The summed E-state index contributed by atoms with van der Waals surface area (Å²) in [4.78, 5) is 0. The van der Waals surface area contributed by atoms with E-state index < -0.39 is 0 Å². The van der Waals surface area contributed by atoms with E-state index >= 15 is 0 Å². The van der Waals surface area contributed by atoms with Crippen molar-refractivity contribution in [2.75, 3.05) is 20.8 Å². The van der Waals surface area contributed by atoms with E-state index in [1.54, 1.807) is 0 Å². The highest BCUT2D eigenvalue weighted by Crippen LogP contribution is 2.66. The summed E-state index contributed by atoms with van der Waals surface area (Å²) in [6, 6.07) is 0. The maximum Gasteiger partial charge on any atom is 0.0627 e. The maximum atomic E-state index is 10.2. The van der Waals surface area contributed by atoms with Crippen LogP contribution in [0.15, 0.2) is 0 Å². The Hall–Kier alpha value is -0.120. The molecule has 2 unspecified atom stereocenters.